The fourth-order valence-corrected chi connectivity index (χ4v) is 3.72. The number of hydrazine groups is 1. The van der Waals surface area contributed by atoms with Gasteiger partial charge >= 0.3 is 0 Å². The van der Waals surface area contributed by atoms with E-state index in [0.29, 0.717) is 37.0 Å². The zero-order chi connectivity index (χ0) is 17.1. The molecular formula is C17H23ClN4O2. The highest BCUT2D eigenvalue weighted by atomic mass is 35.5. The number of likely N-dealkylation sites (tertiary alicyclic amines) is 1. The summed E-state index contributed by atoms with van der Waals surface area (Å²) in [5.41, 5.74) is 12.6. The highest BCUT2D eigenvalue weighted by Crippen LogP contribution is 2.29. The van der Waals surface area contributed by atoms with Crippen LogP contribution in [0.25, 0.3) is 0 Å². The molecule has 0 spiro atoms. The largest absolute Gasteiger partial charge is 0.370 e. The average Bonchev–Trinajstić information content (AvgIpc) is 3.04. The molecule has 2 aliphatic heterocycles. The molecule has 24 heavy (non-hydrogen) atoms. The Morgan fingerprint density at radius 1 is 1.21 bits per heavy atom. The zero-order valence-corrected chi connectivity index (χ0v) is 14.3. The fraction of sp³-hybridized carbons (Fsp3) is 0.529. The zero-order valence-electron chi connectivity index (χ0n) is 13.5. The van der Waals surface area contributed by atoms with Crippen LogP contribution in [0, 0.1) is 11.8 Å². The number of nitrogens with one attached hydrogen (secondary N) is 2. The molecule has 2 unspecified atom stereocenters. The smallest absolute Gasteiger partial charge is 0.229 e. The van der Waals surface area contributed by atoms with E-state index in [9.17, 15) is 9.59 Å². The summed E-state index contributed by atoms with van der Waals surface area (Å²) in [6.45, 7) is 1.99. The summed E-state index contributed by atoms with van der Waals surface area (Å²) in [4.78, 5) is 25.9. The summed E-state index contributed by atoms with van der Waals surface area (Å²) in [5.74, 6) is 0.0639. The molecule has 0 aromatic heterocycles. The van der Waals surface area contributed by atoms with Crippen LogP contribution in [0.1, 0.15) is 30.9 Å². The molecule has 6 nitrogen and oxygen atoms in total. The third-order valence-electron chi connectivity index (χ3n) is 4.94. The van der Waals surface area contributed by atoms with Crippen molar-refractivity contribution in [3.63, 3.8) is 0 Å². The molecule has 2 fully saturated rings. The van der Waals surface area contributed by atoms with Gasteiger partial charge in [-0.05, 0) is 36.5 Å². The summed E-state index contributed by atoms with van der Waals surface area (Å²) in [6, 6.07) is 7.53. The lowest BCUT2D eigenvalue weighted by Gasteiger charge is -2.34. The second-order valence-corrected chi connectivity index (χ2v) is 7.04. The maximum absolute atomic E-state index is 12.9. The van der Waals surface area contributed by atoms with Crippen LogP contribution in [0.15, 0.2) is 24.3 Å². The van der Waals surface area contributed by atoms with Crippen LogP contribution in [-0.4, -0.2) is 36.3 Å². The van der Waals surface area contributed by atoms with Crippen molar-refractivity contribution in [1.82, 2.24) is 15.8 Å². The molecule has 1 aromatic rings. The van der Waals surface area contributed by atoms with Gasteiger partial charge in [-0.15, -0.1) is 0 Å². The van der Waals surface area contributed by atoms with E-state index < -0.39 is 0 Å². The van der Waals surface area contributed by atoms with E-state index >= 15 is 0 Å². The number of amides is 2. The molecule has 2 amide bonds. The molecule has 0 saturated carbocycles. The first-order valence-electron chi connectivity index (χ1n) is 8.35. The van der Waals surface area contributed by atoms with Gasteiger partial charge in [0.25, 0.3) is 0 Å². The molecular weight excluding hydrogens is 328 g/mol. The average molecular weight is 351 g/mol. The quantitative estimate of drug-likeness (QED) is 0.762. The normalized spacial score (nSPS) is 25.0. The van der Waals surface area contributed by atoms with E-state index in [-0.39, 0.29) is 23.8 Å². The fourth-order valence-electron chi connectivity index (χ4n) is 3.59. The summed E-state index contributed by atoms with van der Waals surface area (Å²) < 4.78 is 0. The second kappa shape index (κ2) is 7.51. The molecule has 2 atom stereocenters. The van der Waals surface area contributed by atoms with Crippen LogP contribution in [0.4, 0.5) is 0 Å². The molecule has 130 valence electrons. The monoisotopic (exact) mass is 350 g/mol. The molecule has 0 aliphatic carbocycles. The van der Waals surface area contributed by atoms with Gasteiger partial charge in [0.15, 0.2) is 0 Å². The van der Waals surface area contributed by atoms with E-state index in [0.717, 1.165) is 18.4 Å². The van der Waals surface area contributed by atoms with Crippen LogP contribution in [-0.2, 0) is 9.59 Å². The van der Waals surface area contributed by atoms with Crippen molar-refractivity contribution in [2.75, 3.05) is 19.6 Å². The van der Waals surface area contributed by atoms with Gasteiger partial charge in [-0.1, -0.05) is 23.7 Å². The van der Waals surface area contributed by atoms with Crippen LogP contribution in [0.2, 0.25) is 5.02 Å². The standard InChI is InChI=1S/C17H23ClN4O2/c18-13-3-1-12(2-4-13)16-14(10-20-21-16)17(24)22-7-5-11(6-8-22)9-15(19)23/h1-4,11,14,16,20-21H,5-10H2,(H2,19,23). The van der Waals surface area contributed by atoms with Gasteiger partial charge in [-0.3, -0.25) is 15.0 Å². The van der Waals surface area contributed by atoms with Crippen LogP contribution >= 0.6 is 11.6 Å². The third kappa shape index (κ3) is 3.88. The lowest BCUT2D eigenvalue weighted by Crippen LogP contribution is -2.44. The Balaban J connectivity index is 1.62. The number of primary amides is 1. The van der Waals surface area contributed by atoms with Crippen molar-refractivity contribution < 1.29 is 9.59 Å². The first-order valence-corrected chi connectivity index (χ1v) is 8.73. The molecule has 4 N–H and O–H groups in total. The molecule has 1 aromatic carbocycles. The van der Waals surface area contributed by atoms with E-state index in [2.05, 4.69) is 10.9 Å². The highest BCUT2D eigenvalue weighted by Gasteiger charge is 2.37. The minimum atomic E-state index is -0.258. The summed E-state index contributed by atoms with van der Waals surface area (Å²) >= 11 is 5.94. The number of nitrogens with two attached hydrogens (primary N) is 1. The third-order valence-corrected chi connectivity index (χ3v) is 5.20. The number of carbonyl (C=O) groups excluding carboxylic acids is 2. The highest BCUT2D eigenvalue weighted by molar-refractivity contribution is 6.30. The molecule has 3 rings (SSSR count). The SMILES string of the molecule is NC(=O)CC1CCN(C(=O)C2CNNC2c2ccc(Cl)cc2)CC1. The summed E-state index contributed by atoms with van der Waals surface area (Å²) in [7, 11) is 0. The minimum absolute atomic E-state index is 0.0573. The number of rotatable bonds is 4. The van der Waals surface area contributed by atoms with Gasteiger partial charge in [0.2, 0.25) is 11.8 Å². The van der Waals surface area contributed by atoms with Gasteiger partial charge in [-0.2, -0.15) is 0 Å². The van der Waals surface area contributed by atoms with Crippen molar-refractivity contribution >= 4 is 23.4 Å². The number of hydrogen-bond acceptors (Lipinski definition) is 4. The van der Waals surface area contributed by atoms with E-state index in [1.54, 1.807) is 0 Å². The number of hydrogen-bond donors (Lipinski definition) is 3. The Labute approximate surface area is 146 Å². The van der Waals surface area contributed by atoms with E-state index in [4.69, 9.17) is 17.3 Å². The summed E-state index contributed by atoms with van der Waals surface area (Å²) in [6.07, 6.45) is 2.10. The molecule has 2 heterocycles. The maximum atomic E-state index is 12.9. The molecule has 0 radical (unpaired) electrons. The Morgan fingerprint density at radius 2 is 1.88 bits per heavy atom. The Morgan fingerprint density at radius 3 is 2.50 bits per heavy atom. The number of piperidine rings is 1. The Bertz CT molecular complexity index is 599. The number of benzene rings is 1. The maximum Gasteiger partial charge on any atom is 0.229 e. The summed E-state index contributed by atoms with van der Waals surface area (Å²) in [5, 5.41) is 0.684. The predicted octanol–water partition coefficient (Wildman–Crippen LogP) is 1.22. The molecule has 2 aliphatic rings. The van der Waals surface area contributed by atoms with Gasteiger partial charge < -0.3 is 10.6 Å². The second-order valence-electron chi connectivity index (χ2n) is 6.60. The minimum Gasteiger partial charge on any atom is -0.370 e. The van der Waals surface area contributed by atoms with Gasteiger partial charge in [0.1, 0.15) is 0 Å². The van der Waals surface area contributed by atoms with Crippen molar-refractivity contribution in [2.45, 2.75) is 25.3 Å². The van der Waals surface area contributed by atoms with Crippen molar-refractivity contribution in [1.29, 1.82) is 0 Å². The lowest BCUT2D eigenvalue weighted by atomic mass is 9.90. The van der Waals surface area contributed by atoms with Gasteiger partial charge in [0.05, 0.1) is 12.0 Å². The first kappa shape index (κ1) is 17.2. The van der Waals surface area contributed by atoms with Crippen LogP contribution in [0.5, 0.6) is 0 Å². The van der Waals surface area contributed by atoms with Gasteiger partial charge in [0, 0.05) is 31.1 Å². The number of carbonyl (C=O) groups is 2. The Hall–Kier alpha value is -1.63. The molecule has 0 bridgehead atoms. The van der Waals surface area contributed by atoms with Crippen LogP contribution < -0.4 is 16.6 Å². The molecule has 2 saturated heterocycles. The number of halogens is 1. The first-order chi connectivity index (χ1) is 11.5. The van der Waals surface area contributed by atoms with Crippen LogP contribution in [0.3, 0.4) is 0 Å². The Kier molecular flexibility index (Phi) is 5.38. The lowest BCUT2D eigenvalue weighted by molar-refractivity contribution is -0.137. The number of nitrogens with zero attached hydrogens (tertiary/aromatic N) is 1. The van der Waals surface area contributed by atoms with Crippen molar-refractivity contribution in [3.05, 3.63) is 34.9 Å². The van der Waals surface area contributed by atoms with Crippen molar-refractivity contribution in [3.8, 4) is 0 Å². The van der Waals surface area contributed by atoms with Gasteiger partial charge in [-0.25, -0.2) is 5.43 Å². The van der Waals surface area contributed by atoms with E-state index in [1.807, 2.05) is 29.2 Å². The van der Waals surface area contributed by atoms with Crippen molar-refractivity contribution in [2.24, 2.45) is 17.6 Å². The topological polar surface area (TPSA) is 87.5 Å². The molecule has 7 heteroatoms. The predicted molar refractivity (Wildman–Crippen MR) is 91.9 cm³/mol. The van der Waals surface area contributed by atoms with E-state index in [1.165, 1.54) is 0 Å².